The molecule has 4 heteroatoms. The lowest BCUT2D eigenvalue weighted by molar-refractivity contribution is 0.625. The summed E-state index contributed by atoms with van der Waals surface area (Å²) in [5, 5.41) is 3.86. The maximum absolute atomic E-state index is 6.04. The maximum Gasteiger partial charge on any atom is 0.151 e. The molecule has 1 aromatic heterocycles. The van der Waals surface area contributed by atoms with Gasteiger partial charge in [0.05, 0.1) is 5.69 Å². The Morgan fingerprint density at radius 1 is 1.62 bits per heavy atom. The third-order valence-electron chi connectivity index (χ3n) is 2.50. The molecule has 0 saturated carbocycles. The number of aromatic amines is 1. The molecular formula is C12H20ClN3. The van der Waals surface area contributed by atoms with Crippen LogP contribution in [0.5, 0.6) is 0 Å². The first-order chi connectivity index (χ1) is 7.67. The van der Waals surface area contributed by atoms with E-state index in [1.807, 2.05) is 6.08 Å². The van der Waals surface area contributed by atoms with Crippen LogP contribution < -0.4 is 5.32 Å². The predicted molar refractivity (Wildman–Crippen MR) is 68.7 cm³/mol. The minimum absolute atomic E-state index is 0.276. The quantitative estimate of drug-likeness (QED) is 0.721. The number of rotatable bonds is 7. The second-order valence-electron chi connectivity index (χ2n) is 3.96. The van der Waals surface area contributed by atoms with Gasteiger partial charge in [-0.05, 0) is 13.3 Å². The molecular weight excluding hydrogens is 222 g/mol. The van der Waals surface area contributed by atoms with Gasteiger partial charge in [0.25, 0.3) is 0 Å². The van der Waals surface area contributed by atoms with Gasteiger partial charge in [-0.1, -0.05) is 31.0 Å². The van der Waals surface area contributed by atoms with Crippen molar-refractivity contribution in [3.63, 3.8) is 0 Å². The average Bonchev–Trinajstić information content (AvgIpc) is 2.64. The largest absolute Gasteiger partial charge is 0.344 e. The van der Waals surface area contributed by atoms with E-state index in [4.69, 9.17) is 11.6 Å². The van der Waals surface area contributed by atoms with Gasteiger partial charge in [-0.25, -0.2) is 4.98 Å². The van der Waals surface area contributed by atoms with Crippen molar-refractivity contribution in [2.24, 2.45) is 0 Å². The second-order valence-corrected chi connectivity index (χ2v) is 4.32. The summed E-state index contributed by atoms with van der Waals surface area (Å²) in [6, 6.07) is 0.276. The molecule has 1 aromatic rings. The standard InChI is InChI=1S/C12H20ClN3/c1-4-6-7-11-15-10(12(13)16-11)8-14-9(3)5-2/h5,9,14H,2,4,6-8H2,1,3H3,(H,15,16). The molecule has 0 aliphatic carbocycles. The van der Waals surface area contributed by atoms with Gasteiger partial charge in [0, 0.05) is 19.0 Å². The van der Waals surface area contributed by atoms with Crippen LogP contribution in [0.2, 0.25) is 5.15 Å². The van der Waals surface area contributed by atoms with Crippen molar-refractivity contribution in [2.45, 2.75) is 45.7 Å². The van der Waals surface area contributed by atoms with E-state index >= 15 is 0 Å². The van der Waals surface area contributed by atoms with Crippen LogP contribution in [0.4, 0.5) is 0 Å². The van der Waals surface area contributed by atoms with Crippen LogP contribution in [0, 0.1) is 0 Å². The Bertz CT molecular complexity index is 333. The van der Waals surface area contributed by atoms with Crippen molar-refractivity contribution in [1.29, 1.82) is 0 Å². The number of unbranched alkanes of at least 4 members (excludes halogenated alkanes) is 1. The van der Waals surface area contributed by atoms with Gasteiger partial charge in [-0.15, -0.1) is 6.58 Å². The summed E-state index contributed by atoms with van der Waals surface area (Å²) in [6.07, 6.45) is 5.13. The number of H-pyrrole nitrogens is 1. The lowest BCUT2D eigenvalue weighted by atomic mass is 10.2. The molecule has 0 saturated heterocycles. The van der Waals surface area contributed by atoms with Gasteiger partial charge < -0.3 is 10.3 Å². The molecule has 0 bridgehead atoms. The Labute approximate surface area is 102 Å². The highest BCUT2D eigenvalue weighted by molar-refractivity contribution is 6.30. The van der Waals surface area contributed by atoms with Crippen molar-refractivity contribution in [3.8, 4) is 0 Å². The van der Waals surface area contributed by atoms with E-state index in [1.165, 1.54) is 6.42 Å². The molecule has 3 nitrogen and oxygen atoms in total. The van der Waals surface area contributed by atoms with E-state index in [2.05, 4.69) is 35.7 Å². The van der Waals surface area contributed by atoms with Crippen molar-refractivity contribution in [3.05, 3.63) is 29.3 Å². The number of hydrogen-bond acceptors (Lipinski definition) is 2. The zero-order valence-electron chi connectivity index (χ0n) is 10.0. The number of aromatic nitrogens is 2. The first-order valence-corrected chi connectivity index (χ1v) is 6.14. The molecule has 0 fully saturated rings. The van der Waals surface area contributed by atoms with Crippen molar-refractivity contribution < 1.29 is 0 Å². The summed E-state index contributed by atoms with van der Waals surface area (Å²) in [5.41, 5.74) is 0.960. The van der Waals surface area contributed by atoms with Gasteiger partial charge in [-0.2, -0.15) is 0 Å². The van der Waals surface area contributed by atoms with Crippen LogP contribution in [0.25, 0.3) is 0 Å². The summed E-state index contributed by atoms with van der Waals surface area (Å²) in [4.78, 5) is 7.55. The SMILES string of the molecule is C=CC(C)NCc1[nH]c(CCCC)nc1Cl. The van der Waals surface area contributed by atoms with Gasteiger partial charge in [-0.3, -0.25) is 0 Å². The molecule has 1 rings (SSSR count). The van der Waals surface area contributed by atoms with Crippen LogP contribution in [0.1, 0.15) is 38.2 Å². The smallest absolute Gasteiger partial charge is 0.151 e. The van der Waals surface area contributed by atoms with E-state index in [0.717, 1.165) is 24.4 Å². The fourth-order valence-corrected chi connectivity index (χ4v) is 1.58. The molecule has 16 heavy (non-hydrogen) atoms. The number of nitrogens with one attached hydrogen (secondary N) is 2. The molecule has 0 aliphatic rings. The minimum Gasteiger partial charge on any atom is -0.344 e. The van der Waals surface area contributed by atoms with E-state index in [-0.39, 0.29) is 6.04 Å². The third-order valence-corrected chi connectivity index (χ3v) is 2.81. The lowest BCUT2D eigenvalue weighted by Crippen LogP contribution is -2.23. The number of nitrogens with zero attached hydrogens (tertiary/aromatic N) is 1. The molecule has 1 heterocycles. The van der Waals surface area contributed by atoms with Crippen molar-refractivity contribution >= 4 is 11.6 Å². The molecule has 2 N–H and O–H groups in total. The topological polar surface area (TPSA) is 40.7 Å². The zero-order valence-corrected chi connectivity index (χ0v) is 10.8. The Kier molecular flexibility index (Phi) is 5.56. The Hall–Kier alpha value is -0.800. The second kappa shape index (κ2) is 6.71. The average molecular weight is 242 g/mol. The zero-order chi connectivity index (χ0) is 12.0. The Balaban J connectivity index is 2.52. The van der Waals surface area contributed by atoms with E-state index in [1.54, 1.807) is 0 Å². The third kappa shape index (κ3) is 3.99. The van der Waals surface area contributed by atoms with E-state index in [0.29, 0.717) is 11.7 Å². The van der Waals surface area contributed by atoms with Gasteiger partial charge in [0.2, 0.25) is 0 Å². The number of halogens is 1. The van der Waals surface area contributed by atoms with Crippen LogP contribution in [-0.4, -0.2) is 16.0 Å². The molecule has 1 atom stereocenters. The highest BCUT2D eigenvalue weighted by atomic mass is 35.5. The summed E-state index contributed by atoms with van der Waals surface area (Å²) in [5.74, 6) is 0.981. The summed E-state index contributed by atoms with van der Waals surface area (Å²) in [7, 11) is 0. The maximum atomic E-state index is 6.04. The molecule has 0 amide bonds. The number of imidazole rings is 1. The lowest BCUT2D eigenvalue weighted by Gasteiger charge is -2.07. The first-order valence-electron chi connectivity index (χ1n) is 5.76. The van der Waals surface area contributed by atoms with Crippen molar-refractivity contribution in [1.82, 2.24) is 15.3 Å². The van der Waals surface area contributed by atoms with Crippen LogP contribution in [0.3, 0.4) is 0 Å². The first kappa shape index (κ1) is 13.3. The van der Waals surface area contributed by atoms with Crippen LogP contribution in [-0.2, 0) is 13.0 Å². The predicted octanol–water partition coefficient (Wildman–Crippen LogP) is 3.07. The van der Waals surface area contributed by atoms with E-state index in [9.17, 15) is 0 Å². The number of aryl methyl sites for hydroxylation is 1. The monoisotopic (exact) mass is 241 g/mol. The molecule has 0 spiro atoms. The summed E-state index contributed by atoms with van der Waals surface area (Å²) < 4.78 is 0. The van der Waals surface area contributed by atoms with Crippen LogP contribution in [0.15, 0.2) is 12.7 Å². The minimum atomic E-state index is 0.276. The Morgan fingerprint density at radius 2 is 2.38 bits per heavy atom. The van der Waals surface area contributed by atoms with E-state index < -0.39 is 0 Å². The fraction of sp³-hybridized carbons (Fsp3) is 0.583. The normalized spacial score (nSPS) is 12.7. The highest BCUT2D eigenvalue weighted by Crippen LogP contribution is 2.14. The van der Waals surface area contributed by atoms with Gasteiger partial charge in [0.1, 0.15) is 5.82 Å². The summed E-state index contributed by atoms with van der Waals surface area (Å²) >= 11 is 6.04. The molecule has 0 aromatic carbocycles. The Morgan fingerprint density at radius 3 is 3.00 bits per heavy atom. The molecule has 1 unspecified atom stereocenters. The fourth-order valence-electron chi connectivity index (χ4n) is 1.37. The summed E-state index contributed by atoms with van der Waals surface area (Å²) in [6.45, 7) is 8.64. The number of hydrogen-bond donors (Lipinski definition) is 2. The van der Waals surface area contributed by atoms with Crippen LogP contribution >= 0.6 is 11.6 Å². The molecule has 90 valence electrons. The van der Waals surface area contributed by atoms with Crippen molar-refractivity contribution in [2.75, 3.05) is 0 Å². The molecule has 0 radical (unpaired) electrons. The van der Waals surface area contributed by atoms with Gasteiger partial charge >= 0.3 is 0 Å². The van der Waals surface area contributed by atoms with Gasteiger partial charge in [0.15, 0.2) is 5.15 Å². The molecule has 0 aliphatic heterocycles. The highest BCUT2D eigenvalue weighted by Gasteiger charge is 2.08.